The number of nitrogens with one attached hydrogen (secondary N) is 1. The van der Waals surface area contributed by atoms with E-state index in [0.29, 0.717) is 18.2 Å². The molecule has 1 aromatic carbocycles. The Bertz CT molecular complexity index is 602. The van der Waals surface area contributed by atoms with Crippen molar-refractivity contribution in [3.8, 4) is 11.3 Å². The third kappa shape index (κ3) is 2.70. The molecule has 3 rings (SSSR count). The summed E-state index contributed by atoms with van der Waals surface area (Å²) in [5, 5.41) is 6.88. The van der Waals surface area contributed by atoms with Crippen LogP contribution in [0.25, 0.3) is 11.3 Å². The number of hydrogen-bond acceptors (Lipinski definition) is 3. The molecule has 1 N–H and O–H groups in total. The fourth-order valence-corrected chi connectivity index (χ4v) is 2.08. The Morgan fingerprint density at radius 1 is 1.25 bits per heavy atom. The van der Waals surface area contributed by atoms with Crippen LogP contribution in [0.4, 0.5) is 13.2 Å². The van der Waals surface area contributed by atoms with Gasteiger partial charge in [-0.25, -0.2) is 0 Å². The van der Waals surface area contributed by atoms with E-state index in [0.717, 1.165) is 18.9 Å². The molecule has 1 fully saturated rings. The largest absolute Gasteiger partial charge is 0.417 e. The number of nitrogens with zero attached hydrogens (tertiary/aromatic N) is 1. The Hall–Kier alpha value is -1.82. The molecule has 0 saturated heterocycles. The van der Waals surface area contributed by atoms with Gasteiger partial charge in [-0.05, 0) is 18.9 Å². The van der Waals surface area contributed by atoms with E-state index in [1.54, 1.807) is 6.07 Å². The van der Waals surface area contributed by atoms with Crippen LogP contribution in [0.15, 0.2) is 35.0 Å². The van der Waals surface area contributed by atoms with Gasteiger partial charge in [0.2, 0.25) is 0 Å². The summed E-state index contributed by atoms with van der Waals surface area (Å²) in [7, 11) is 0. The topological polar surface area (TPSA) is 38.1 Å². The molecule has 1 heterocycles. The molecule has 1 aromatic heterocycles. The van der Waals surface area contributed by atoms with Gasteiger partial charge in [0.25, 0.3) is 0 Å². The lowest BCUT2D eigenvalue weighted by Gasteiger charge is -2.11. The molecular weight excluding hydrogens is 269 g/mol. The first-order valence-corrected chi connectivity index (χ1v) is 6.39. The van der Waals surface area contributed by atoms with Crippen molar-refractivity contribution in [2.24, 2.45) is 0 Å². The molecule has 1 aliphatic carbocycles. The molecule has 6 heteroatoms. The number of alkyl halides is 3. The van der Waals surface area contributed by atoms with Crippen LogP contribution in [-0.2, 0) is 12.7 Å². The first-order chi connectivity index (χ1) is 9.55. The summed E-state index contributed by atoms with van der Waals surface area (Å²) in [6, 6.07) is 5.85. The average Bonchev–Trinajstić information content (AvgIpc) is 3.12. The van der Waals surface area contributed by atoms with Crippen molar-refractivity contribution in [1.29, 1.82) is 0 Å². The van der Waals surface area contributed by atoms with E-state index >= 15 is 0 Å². The Morgan fingerprint density at radius 2 is 2.00 bits per heavy atom. The minimum atomic E-state index is -4.41. The molecule has 106 valence electrons. The van der Waals surface area contributed by atoms with Crippen molar-refractivity contribution in [1.82, 2.24) is 10.5 Å². The summed E-state index contributed by atoms with van der Waals surface area (Å²) in [5.41, 5.74) is -0.0249. The van der Waals surface area contributed by atoms with Crippen molar-refractivity contribution in [3.63, 3.8) is 0 Å². The Kier molecular flexibility index (Phi) is 3.25. The Morgan fingerprint density at radius 3 is 2.70 bits per heavy atom. The summed E-state index contributed by atoms with van der Waals surface area (Å²) in [6.45, 7) is 0.468. The number of aromatic nitrogens is 1. The van der Waals surface area contributed by atoms with Gasteiger partial charge >= 0.3 is 6.18 Å². The molecule has 0 aliphatic heterocycles. The lowest BCUT2D eigenvalue weighted by Crippen LogP contribution is -2.15. The highest BCUT2D eigenvalue weighted by molar-refractivity contribution is 5.65. The number of hydrogen-bond donors (Lipinski definition) is 1. The molecule has 3 nitrogen and oxygen atoms in total. The fourth-order valence-electron chi connectivity index (χ4n) is 2.08. The summed E-state index contributed by atoms with van der Waals surface area (Å²) in [6.07, 6.45) is -0.720. The van der Waals surface area contributed by atoms with E-state index in [4.69, 9.17) is 4.52 Å². The first kappa shape index (κ1) is 13.2. The summed E-state index contributed by atoms with van der Waals surface area (Å²) in [5.74, 6) is 0.186. The number of halogens is 3. The predicted molar refractivity (Wildman–Crippen MR) is 66.8 cm³/mol. The maximum absolute atomic E-state index is 13.0. The summed E-state index contributed by atoms with van der Waals surface area (Å²) < 4.78 is 44.1. The Labute approximate surface area is 113 Å². The zero-order valence-electron chi connectivity index (χ0n) is 10.6. The van der Waals surface area contributed by atoms with Crippen LogP contribution in [0.1, 0.15) is 24.0 Å². The lowest BCUT2D eigenvalue weighted by atomic mass is 10.0. The van der Waals surface area contributed by atoms with Gasteiger partial charge in [-0.1, -0.05) is 23.4 Å². The van der Waals surface area contributed by atoms with E-state index < -0.39 is 11.7 Å². The maximum atomic E-state index is 13.0. The normalized spacial score (nSPS) is 15.6. The molecule has 0 bridgehead atoms. The predicted octanol–water partition coefficient (Wildman–Crippen LogP) is 3.61. The minimum absolute atomic E-state index is 0.0325. The van der Waals surface area contributed by atoms with Gasteiger partial charge in [-0.3, -0.25) is 0 Å². The van der Waals surface area contributed by atoms with Crippen LogP contribution in [0, 0.1) is 0 Å². The molecule has 2 aromatic rings. The first-order valence-electron chi connectivity index (χ1n) is 6.39. The zero-order valence-corrected chi connectivity index (χ0v) is 10.6. The van der Waals surface area contributed by atoms with Gasteiger partial charge in [0.15, 0.2) is 5.76 Å². The lowest BCUT2D eigenvalue weighted by molar-refractivity contribution is -0.137. The van der Waals surface area contributed by atoms with Gasteiger partial charge in [0.05, 0.1) is 11.8 Å². The molecule has 1 saturated carbocycles. The summed E-state index contributed by atoms with van der Waals surface area (Å²) in [4.78, 5) is 0. The highest BCUT2D eigenvalue weighted by Gasteiger charge is 2.35. The van der Waals surface area contributed by atoms with Gasteiger partial charge < -0.3 is 9.84 Å². The molecule has 0 unspecified atom stereocenters. The highest BCUT2D eigenvalue weighted by atomic mass is 19.4. The molecule has 1 aliphatic rings. The summed E-state index contributed by atoms with van der Waals surface area (Å²) >= 11 is 0. The third-order valence-electron chi connectivity index (χ3n) is 3.28. The SMILES string of the molecule is FC(F)(F)c1ccccc1-c1oncc1CNC1CC1. The highest BCUT2D eigenvalue weighted by Crippen LogP contribution is 2.38. The van der Waals surface area contributed by atoms with Crippen LogP contribution in [0.5, 0.6) is 0 Å². The number of benzene rings is 1. The van der Waals surface area contributed by atoms with Crippen molar-refractivity contribution in [2.75, 3.05) is 0 Å². The van der Waals surface area contributed by atoms with Crippen LogP contribution < -0.4 is 5.32 Å². The van der Waals surface area contributed by atoms with Gasteiger partial charge in [0.1, 0.15) is 0 Å². The zero-order chi connectivity index (χ0) is 14.2. The van der Waals surface area contributed by atoms with Gasteiger partial charge in [0, 0.05) is 23.7 Å². The molecule has 0 atom stereocenters. The number of rotatable bonds is 4. The fraction of sp³-hybridized carbons (Fsp3) is 0.357. The van der Waals surface area contributed by atoms with Crippen LogP contribution in [-0.4, -0.2) is 11.2 Å². The van der Waals surface area contributed by atoms with Gasteiger partial charge in [-0.15, -0.1) is 0 Å². The minimum Gasteiger partial charge on any atom is -0.356 e. The molecular formula is C14H13F3N2O. The van der Waals surface area contributed by atoms with Crippen molar-refractivity contribution in [3.05, 3.63) is 41.6 Å². The quantitative estimate of drug-likeness (QED) is 0.931. The van der Waals surface area contributed by atoms with Crippen molar-refractivity contribution in [2.45, 2.75) is 31.6 Å². The maximum Gasteiger partial charge on any atom is 0.417 e. The molecule has 20 heavy (non-hydrogen) atoms. The molecule has 0 amide bonds. The van der Waals surface area contributed by atoms with E-state index in [1.165, 1.54) is 18.3 Å². The second kappa shape index (κ2) is 4.94. The van der Waals surface area contributed by atoms with Crippen LogP contribution in [0.3, 0.4) is 0 Å². The van der Waals surface area contributed by atoms with Crippen LogP contribution >= 0.6 is 0 Å². The second-order valence-electron chi connectivity index (χ2n) is 4.88. The van der Waals surface area contributed by atoms with E-state index in [-0.39, 0.29) is 11.3 Å². The molecule has 0 radical (unpaired) electrons. The molecule has 0 spiro atoms. The standard InChI is InChI=1S/C14H13F3N2O/c15-14(16,17)12-4-2-1-3-11(12)13-9(8-19-20-13)7-18-10-5-6-10/h1-4,8,10,18H,5-7H2. The van der Waals surface area contributed by atoms with E-state index in [1.807, 2.05) is 0 Å². The Balaban J connectivity index is 1.94. The monoisotopic (exact) mass is 282 g/mol. The second-order valence-corrected chi connectivity index (χ2v) is 4.88. The van der Waals surface area contributed by atoms with Crippen LogP contribution in [0.2, 0.25) is 0 Å². The van der Waals surface area contributed by atoms with E-state index in [2.05, 4.69) is 10.5 Å². The van der Waals surface area contributed by atoms with Crippen molar-refractivity contribution >= 4 is 0 Å². The average molecular weight is 282 g/mol. The third-order valence-corrected chi connectivity index (χ3v) is 3.28. The smallest absolute Gasteiger partial charge is 0.356 e. The van der Waals surface area contributed by atoms with E-state index in [9.17, 15) is 13.2 Å². The van der Waals surface area contributed by atoms with Gasteiger partial charge in [-0.2, -0.15) is 13.2 Å². The van der Waals surface area contributed by atoms with Crippen molar-refractivity contribution < 1.29 is 17.7 Å².